The van der Waals surface area contributed by atoms with Gasteiger partial charge in [0.15, 0.2) is 17.0 Å². The number of thioether (sulfide) groups is 1. The molecule has 3 atom stereocenters. The molecule has 3 aromatic rings. The van der Waals surface area contributed by atoms with E-state index in [9.17, 15) is 4.79 Å². The third-order valence-corrected chi connectivity index (χ3v) is 9.00. The Hall–Kier alpha value is -2.80. The van der Waals surface area contributed by atoms with Gasteiger partial charge >= 0.3 is 0 Å². The van der Waals surface area contributed by atoms with E-state index in [1.807, 2.05) is 79.7 Å². The number of nitrogens with one attached hydrogen (secondary N) is 1. The number of benzene rings is 3. The van der Waals surface area contributed by atoms with Gasteiger partial charge in [-0.25, -0.2) is 0 Å². The van der Waals surface area contributed by atoms with Crippen LogP contribution in [0, 0.1) is 5.92 Å². The zero-order chi connectivity index (χ0) is 28.1. The van der Waals surface area contributed by atoms with Gasteiger partial charge in [-0.05, 0) is 79.3 Å². The maximum atomic E-state index is 13.9. The SMILES string of the molecule is CCOc1cc(/C=C2\SC(Nc3ccccc3)N([C@@H]3CCCC[C@@H]3C)C2=O)cc(Cl)c1OCc1ccc(Cl)cc1. The fraction of sp³-hybridized carbons (Fsp3) is 0.344. The van der Waals surface area contributed by atoms with Crippen LogP contribution in [0.2, 0.25) is 10.0 Å². The van der Waals surface area contributed by atoms with Crippen LogP contribution in [0.4, 0.5) is 5.69 Å². The highest BCUT2D eigenvalue weighted by Gasteiger charge is 2.43. The molecule has 3 aromatic carbocycles. The molecule has 1 saturated heterocycles. The minimum Gasteiger partial charge on any atom is -0.490 e. The van der Waals surface area contributed by atoms with Gasteiger partial charge in [-0.2, -0.15) is 0 Å². The van der Waals surface area contributed by atoms with E-state index in [0.29, 0.717) is 45.6 Å². The van der Waals surface area contributed by atoms with Crippen molar-refractivity contribution in [3.63, 3.8) is 0 Å². The molecule has 1 amide bonds. The van der Waals surface area contributed by atoms with Crippen LogP contribution in [0.1, 0.15) is 50.7 Å². The van der Waals surface area contributed by atoms with Gasteiger partial charge in [0.2, 0.25) is 0 Å². The number of carbonyl (C=O) groups is 1. The molecule has 0 spiro atoms. The Morgan fingerprint density at radius 1 is 1.02 bits per heavy atom. The molecule has 1 saturated carbocycles. The van der Waals surface area contributed by atoms with Crippen LogP contribution in [0.25, 0.3) is 6.08 Å². The number of amides is 1. The number of nitrogens with zero attached hydrogens (tertiary/aromatic N) is 1. The molecule has 1 unspecified atom stereocenters. The van der Waals surface area contributed by atoms with Gasteiger partial charge in [0.25, 0.3) is 5.91 Å². The molecule has 0 aromatic heterocycles. The third kappa shape index (κ3) is 6.73. The first-order valence-electron chi connectivity index (χ1n) is 13.8. The summed E-state index contributed by atoms with van der Waals surface area (Å²) >= 11 is 14.3. The van der Waals surface area contributed by atoms with Gasteiger partial charge in [0.05, 0.1) is 16.5 Å². The van der Waals surface area contributed by atoms with E-state index in [1.54, 1.807) is 11.8 Å². The monoisotopic (exact) mass is 596 g/mol. The second-order valence-corrected chi connectivity index (χ2v) is 12.2. The van der Waals surface area contributed by atoms with Crippen molar-refractivity contribution in [3.8, 4) is 11.5 Å². The highest BCUT2D eigenvalue weighted by atomic mass is 35.5. The fourth-order valence-electron chi connectivity index (χ4n) is 5.33. The molecule has 210 valence electrons. The molecular weight excluding hydrogens is 563 g/mol. The van der Waals surface area contributed by atoms with Crippen molar-refractivity contribution in [2.45, 2.75) is 57.7 Å². The molecular formula is C32H34Cl2N2O3S. The predicted octanol–water partition coefficient (Wildman–Crippen LogP) is 8.86. The number of para-hydroxylation sites is 1. The van der Waals surface area contributed by atoms with Gasteiger partial charge < -0.3 is 19.7 Å². The summed E-state index contributed by atoms with van der Waals surface area (Å²) in [5, 5.41) is 4.69. The molecule has 1 heterocycles. The molecule has 40 heavy (non-hydrogen) atoms. The summed E-state index contributed by atoms with van der Waals surface area (Å²) < 4.78 is 12.0. The number of hydrogen-bond donors (Lipinski definition) is 1. The highest BCUT2D eigenvalue weighted by Crippen LogP contribution is 2.44. The first-order valence-corrected chi connectivity index (χ1v) is 15.4. The number of ether oxygens (including phenoxy) is 2. The van der Waals surface area contributed by atoms with Crippen LogP contribution in [0.3, 0.4) is 0 Å². The van der Waals surface area contributed by atoms with Crippen LogP contribution < -0.4 is 14.8 Å². The summed E-state index contributed by atoms with van der Waals surface area (Å²) in [6.45, 7) is 4.96. The third-order valence-electron chi connectivity index (χ3n) is 7.35. The number of hydrogen-bond acceptors (Lipinski definition) is 5. The summed E-state index contributed by atoms with van der Waals surface area (Å²) in [6, 6.07) is 21.5. The Morgan fingerprint density at radius 2 is 1.77 bits per heavy atom. The second-order valence-electron chi connectivity index (χ2n) is 10.2. The number of anilines is 1. The average Bonchev–Trinajstić information content (AvgIpc) is 3.24. The van der Waals surface area contributed by atoms with Crippen molar-refractivity contribution >= 4 is 52.6 Å². The molecule has 5 rings (SSSR count). The standard InChI is InChI=1S/C32H34Cl2N2O3S/c1-3-38-28-18-23(17-26(34)30(28)39-20-22-13-15-24(33)16-14-22)19-29-31(37)36(27-12-8-7-9-21(27)2)32(40-29)35-25-10-5-4-6-11-25/h4-6,10-11,13-19,21,27,32,35H,3,7-9,12,20H2,1-2H3/b29-19-/t21-,27+,32?/m0/s1. The van der Waals surface area contributed by atoms with E-state index in [2.05, 4.69) is 17.1 Å². The first-order chi connectivity index (χ1) is 19.4. The Kier molecular flexibility index (Phi) is 9.51. The molecule has 1 aliphatic heterocycles. The lowest BCUT2D eigenvalue weighted by atomic mass is 9.85. The predicted molar refractivity (Wildman–Crippen MR) is 166 cm³/mol. The summed E-state index contributed by atoms with van der Waals surface area (Å²) in [5.74, 6) is 1.53. The van der Waals surface area contributed by atoms with Crippen LogP contribution in [-0.2, 0) is 11.4 Å². The van der Waals surface area contributed by atoms with Gasteiger partial charge in [-0.3, -0.25) is 4.79 Å². The van der Waals surface area contributed by atoms with Crippen LogP contribution >= 0.6 is 35.0 Å². The lowest BCUT2D eigenvalue weighted by Crippen LogP contribution is -2.48. The fourth-order valence-corrected chi connectivity index (χ4v) is 6.94. The molecule has 1 aliphatic carbocycles. The van der Waals surface area contributed by atoms with Crippen LogP contribution in [-0.4, -0.2) is 29.0 Å². The quantitative estimate of drug-likeness (QED) is 0.250. The Bertz CT molecular complexity index is 1350. The van der Waals surface area contributed by atoms with E-state index in [4.69, 9.17) is 32.7 Å². The van der Waals surface area contributed by atoms with Crippen molar-refractivity contribution in [2.75, 3.05) is 11.9 Å². The van der Waals surface area contributed by atoms with Gasteiger partial charge in [-0.1, -0.05) is 85.1 Å². The number of carbonyl (C=O) groups excluding carboxylic acids is 1. The smallest absolute Gasteiger partial charge is 0.262 e. The van der Waals surface area contributed by atoms with E-state index >= 15 is 0 Å². The van der Waals surface area contributed by atoms with Crippen molar-refractivity contribution in [1.82, 2.24) is 4.90 Å². The van der Waals surface area contributed by atoms with Crippen molar-refractivity contribution in [3.05, 3.63) is 92.8 Å². The van der Waals surface area contributed by atoms with Crippen LogP contribution in [0.15, 0.2) is 71.6 Å². The van der Waals surface area contributed by atoms with Gasteiger partial charge in [0, 0.05) is 16.8 Å². The van der Waals surface area contributed by atoms with E-state index < -0.39 is 0 Å². The zero-order valence-electron chi connectivity index (χ0n) is 22.7. The first kappa shape index (κ1) is 28.7. The highest BCUT2D eigenvalue weighted by molar-refractivity contribution is 8.05. The summed E-state index contributed by atoms with van der Waals surface area (Å²) in [5.41, 5.74) is 2.57. The maximum absolute atomic E-state index is 13.9. The van der Waals surface area contributed by atoms with Crippen molar-refractivity contribution in [2.24, 2.45) is 5.92 Å². The lowest BCUT2D eigenvalue weighted by Gasteiger charge is -2.39. The molecule has 1 N–H and O–H groups in total. The van der Waals surface area contributed by atoms with E-state index in [1.165, 1.54) is 6.42 Å². The summed E-state index contributed by atoms with van der Waals surface area (Å²) in [7, 11) is 0. The summed E-state index contributed by atoms with van der Waals surface area (Å²) in [4.78, 5) is 16.6. The zero-order valence-corrected chi connectivity index (χ0v) is 25.1. The molecule has 2 fully saturated rings. The average molecular weight is 598 g/mol. The minimum absolute atomic E-state index is 0.0503. The molecule has 5 nitrogen and oxygen atoms in total. The summed E-state index contributed by atoms with van der Waals surface area (Å²) in [6.07, 6.45) is 6.44. The molecule has 8 heteroatoms. The normalized spacial score (nSPS) is 22.0. The second kappa shape index (κ2) is 13.2. The number of halogens is 2. The lowest BCUT2D eigenvalue weighted by molar-refractivity contribution is -0.129. The maximum Gasteiger partial charge on any atom is 0.262 e. The van der Waals surface area contributed by atoms with Gasteiger partial charge in [-0.15, -0.1) is 0 Å². The van der Waals surface area contributed by atoms with Crippen LogP contribution in [0.5, 0.6) is 11.5 Å². The topological polar surface area (TPSA) is 50.8 Å². The molecule has 2 aliphatic rings. The largest absolute Gasteiger partial charge is 0.490 e. The van der Waals surface area contributed by atoms with Gasteiger partial charge in [0.1, 0.15) is 6.61 Å². The Balaban J connectivity index is 1.42. The van der Waals surface area contributed by atoms with Crippen molar-refractivity contribution in [1.29, 1.82) is 0 Å². The minimum atomic E-state index is -0.185. The Morgan fingerprint density at radius 3 is 2.50 bits per heavy atom. The van der Waals surface area contributed by atoms with Crippen molar-refractivity contribution < 1.29 is 14.3 Å². The molecule has 0 radical (unpaired) electrons. The molecule has 0 bridgehead atoms. The van der Waals surface area contributed by atoms with E-state index in [0.717, 1.165) is 36.1 Å². The van der Waals surface area contributed by atoms with E-state index in [-0.39, 0.29) is 17.4 Å². The Labute approximate surface area is 250 Å². The number of rotatable bonds is 9.